The molecule has 0 fully saturated rings. The van der Waals surface area contributed by atoms with Gasteiger partial charge < -0.3 is 14.9 Å². The van der Waals surface area contributed by atoms with Gasteiger partial charge in [-0.3, -0.25) is 9.36 Å². The van der Waals surface area contributed by atoms with Gasteiger partial charge in [0.1, 0.15) is 0 Å². The van der Waals surface area contributed by atoms with Gasteiger partial charge in [-0.05, 0) is 6.42 Å². The molecule has 0 aromatic carbocycles. The third-order valence-corrected chi connectivity index (χ3v) is 5.31. The van der Waals surface area contributed by atoms with Crippen molar-refractivity contribution in [1.29, 1.82) is 0 Å². The van der Waals surface area contributed by atoms with Gasteiger partial charge in [-0.1, -0.05) is 97.8 Å². The predicted octanol–water partition coefficient (Wildman–Crippen LogP) is 5.73. The molecular weight excluding hydrogens is 327 g/mol. The van der Waals surface area contributed by atoms with Gasteiger partial charge >= 0.3 is 13.6 Å². The Labute approximate surface area is 148 Å². The van der Waals surface area contributed by atoms with Gasteiger partial charge in [-0.2, -0.15) is 0 Å². The molecule has 0 aliphatic heterocycles. The highest BCUT2D eigenvalue weighted by atomic mass is 31.2. The zero-order chi connectivity index (χ0) is 18.8. The number of aliphatic carboxylic acids is 1. The van der Waals surface area contributed by atoms with Crippen LogP contribution >= 0.6 is 7.60 Å². The maximum Gasteiger partial charge on any atom is 0.339 e. The number of unbranched alkanes of at least 4 members (excludes halogenated alkanes) is 10. The third kappa shape index (κ3) is 18.0. The molecule has 5 nitrogen and oxygen atoms in total. The zero-order valence-electron chi connectivity index (χ0n) is 15.9. The van der Waals surface area contributed by atoms with E-state index < -0.39 is 19.2 Å². The summed E-state index contributed by atoms with van der Waals surface area (Å²) in [4.78, 5) is 28.6. The Hall–Kier alpha value is -0.380. The Kier molecular flexibility index (Phi) is 18.8. The van der Waals surface area contributed by atoms with Crippen LogP contribution in [0, 0.1) is 0 Å². The van der Waals surface area contributed by atoms with Gasteiger partial charge in [-0.25, -0.2) is 0 Å². The van der Waals surface area contributed by atoms with Crippen LogP contribution in [0.15, 0.2) is 0 Å². The van der Waals surface area contributed by atoms with Crippen molar-refractivity contribution in [3.05, 3.63) is 0 Å². The van der Waals surface area contributed by atoms with Crippen molar-refractivity contribution in [1.82, 2.24) is 0 Å². The lowest BCUT2D eigenvalue weighted by molar-refractivity contribution is -0.137. The average Bonchev–Trinajstić information content (AvgIpc) is 2.51. The monoisotopic (exact) mass is 366 g/mol. The minimum absolute atomic E-state index is 0.0656. The molecule has 6 heteroatoms. The van der Waals surface area contributed by atoms with Crippen molar-refractivity contribution in [2.24, 2.45) is 0 Å². The molecule has 1 atom stereocenters. The molecule has 0 aromatic heterocycles. The van der Waals surface area contributed by atoms with Crippen molar-refractivity contribution in [2.75, 3.05) is 0 Å². The molecule has 0 saturated carbocycles. The van der Waals surface area contributed by atoms with Gasteiger partial charge in [0, 0.05) is 0 Å². The number of hydrogen-bond acceptors (Lipinski definition) is 2. The SMILES string of the molecule is CCCC.CCCCCCCCCCCCC(C(=O)O)P(=O)(O)O. The Bertz CT molecular complexity index is 325. The second-order valence-corrected chi connectivity index (χ2v) is 8.22. The summed E-state index contributed by atoms with van der Waals surface area (Å²) in [5.41, 5.74) is -1.53. The third-order valence-electron chi connectivity index (χ3n) is 4.02. The van der Waals surface area contributed by atoms with E-state index in [2.05, 4.69) is 20.8 Å². The largest absolute Gasteiger partial charge is 0.481 e. The van der Waals surface area contributed by atoms with Crippen molar-refractivity contribution < 1.29 is 24.3 Å². The highest BCUT2D eigenvalue weighted by molar-refractivity contribution is 7.53. The Balaban J connectivity index is 0. The van der Waals surface area contributed by atoms with Crippen molar-refractivity contribution in [3.63, 3.8) is 0 Å². The molecule has 0 heterocycles. The molecule has 0 saturated heterocycles. The molecule has 0 amide bonds. The Morgan fingerprint density at radius 3 is 1.42 bits per heavy atom. The van der Waals surface area contributed by atoms with Crippen LogP contribution in [0.1, 0.15) is 104 Å². The highest BCUT2D eigenvalue weighted by Crippen LogP contribution is 2.43. The lowest BCUT2D eigenvalue weighted by atomic mass is 10.1. The lowest BCUT2D eigenvalue weighted by Gasteiger charge is -2.13. The summed E-state index contributed by atoms with van der Waals surface area (Å²) in [7, 11) is -4.51. The summed E-state index contributed by atoms with van der Waals surface area (Å²) >= 11 is 0. The molecule has 0 aliphatic rings. The van der Waals surface area contributed by atoms with E-state index in [1.165, 1.54) is 51.4 Å². The molecule has 0 rings (SSSR count). The second-order valence-electron chi connectivity index (χ2n) is 6.41. The predicted molar refractivity (Wildman–Crippen MR) is 101 cm³/mol. The van der Waals surface area contributed by atoms with Crippen molar-refractivity contribution in [3.8, 4) is 0 Å². The fourth-order valence-electron chi connectivity index (χ4n) is 2.26. The molecule has 0 aromatic rings. The van der Waals surface area contributed by atoms with Crippen LogP contribution in [-0.2, 0) is 9.36 Å². The first kappa shape index (κ1) is 25.9. The molecule has 0 radical (unpaired) electrons. The smallest absolute Gasteiger partial charge is 0.339 e. The summed E-state index contributed by atoms with van der Waals surface area (Å²) in [5.74, 6) is -1.39. The lowest BCUT2D eigenvalue weighted by Crippen LogP contribution is -2.20. The summed E-state index contributed by atoms with van der Waals surface area (Å²) < 4.78 is 11.0. The van der Waals surface area contributed by atoms with Crippen LogP contribution in [0.4, 0.5) is 0 Å². The van der Waals surface area contributed by atoms with E-state index in [1.54, 1.807) is 0 Å². The molecule has 1 unspecified atom stereocenters. The molecule has 0 bridgehead atoms. The molecule has 3 N–H and O–H groups in total. The highest BCUT2D eigenvalue weighted by Gasteiger charge is 2.34. The van der Waals surface area contributed by atoms with Gasteiger partial charge in [0.25, 0.3) is 0 Å². The summed E-state index contributed by atoms with van der Waals surface area (Å²) in [6, 6.07) is 0. The minimum Gasteiger partial charge on any atom is -0.481 e. The van der Waals surface area contributed by atoms with Crippen LogP contribution in [-0.4, -0.2) is 26.5 Å². The van der Waals surface area contributed by atoms with Gasteiger partial charge in [0.2, 0.25) is 0 Å². The van der Waals surface area contributed by atoms with Crippen molar-refractivity contribution >= 4 is 13.6 Å². The molecule has 0 spiro atoms. The maximum absolute atomic E-state index is 11.0. The van der Waals surface area contributed by atoms with Gasteiger partial charge in [-0.15, -0.1) is 0 Å². The van der Waals surface area contributed by atoms with E-state index in [0.717, 1.165) is 19.3 Å². The molecule has 0 aliphatic carbocycles. The molecule has 146 valence electrons. The quantitative estimate of drug-likeness (QED) is 0.269. The Morgan fingerprint density at radius 1 is 0.750 bits per heavy atom. The topological polar surface area (TPSA) is 94.8 Å². The first-order chi connectivity index (χ1) is 11.3. The van der Waals surface area contributed by atoms with Crippen molar-refractivity contribution in [2.45, 2.75) is 110 Å². The zero-order valence-corrected chi connectivity index (χ0v) is 16.8. The summed E-state index contributed by atoms with van der Waals surface area (Å²) in [6.45, 7) is 6.56. The van der Waals surface area contributed by atoms with Crippen LogP contribution in [0.3, 0.4) is 0 Å². The maximum atomic E-state index is 11.0. The van der Waals surface area contributed by atoms with Crippen LogP contribution in [0.5, 0.6) is 0 Å². The number of hydrogen-bond donors (Lipinski definition) is 3. The standard InChI is InChI=1S/C14H29O5P.C4H10/c1-2-3-4-5-6-7-8-9-10-11-12-13(14(15)16)20(17,18)19;1-3-4-2/h13H,2-12H2,1H3,(H,15,16)(H2,17,18,19);3-4H2,1-2H3. The molecule has 24 heavy (non-hydrogen) atoms. The van der Waals surface area contributed by atoms with Gasteiger partial charge in [0.05, 0.1) is 0 Å². The first-order valence-electron chi connectivity index (χ1n) is 9.59. The molecular formula is C18H39O5P. The first-order valence-corrected chi connectivity index (χ1v) is 11.3. The normalized spacial score (nSPS) is 12.4. The number of carboxylic acid groups (broad SMARTS) is 1. The van der Waals surface area contributed by atoms with Crippen LogP contribution in [0.25, 0.3) is 0 Å². The minimum atomic E-state index is -4.51. The second kappa shape index (κ2) is 17.4. The van der Waals surface area contributed by atoms with E-state index in [1.807, 2.05) is 0 Å². The van der Waals surface area contributed by atoms with E-state index in [9.17, 15) is 9.36 Å². The Morgan fingerprint density at radius 2 is 1.12 bits per heavy atom. The van der Waals surface area contributed by atoms with E-state index in [4.69, 9.17) is 14.9 Å². The number of rotatable bonds is 14. The van der Waals surface area contributed by atoms with Crippen LogP contribution in [0.2, 0.25) is 0 Å². The number of carbonyl (C=O) groups is 1. The van der Waals surface area contributed by atoms with E-state index >= 15 is 0 Å². The summed E-state index contributed by atoms with van der Waals surface area (Å²) in [6.07, 6.45) is 13.9. The fraction of sp³-hybridized carbons (Fsp3) is 0.944. The fourth-order valence-corrected chi connectivity index (χ4v) is 3.07. The van der Waals surface area contributed by atoms with Gasteiger partial charge in [0.15, 0.2) is 5.66 Å². The summed E-state index contributed by atoms with van der Waals surface area (Å²) in [5, 5.41) is 8.76. The number of carboxylic acids is 1. The van der Waals surface area contributed by atoms with E-state index in [-0.39, 0.29) is 6.42 Å². The average molecular weight is 366 g/mol. The van der Waals surface area contributed by atoms with E-state index in [0.29, 0.717) is 6.42 Å². The van der Waals surface area contributed by atoms with Crippen LogP contribution < -0.4 is 0 Å².